The number of carboxylic acids is 1. The standard InChI is InChI=1S/C11H14ClNO5/c1-13(2)10-8(12)9(16)6(5-7(14)15)11(10,17-3)18-4/h5H,1-4H3,(H,14,15)/b6-5-. The van der Waals surface area contributed by atoms with Gasteiger partial charge in [-0.1, -0.05) is 11.6 Å². The third kappa shape index (κ3) is 2.03. The van der Waals surface area contributed by atoms with Gasteiger partial charge in [0, 0.05) is 34.4 Å². The molecule has 1 aliphatic rings. The minimum Gasteiger partial charge on any atom is -0.478 e. The number of halogens is 1. The summed E-state index contributed by atoms with van der Waals surface area (Å²) < 4.78 is 10.4. The van der Waals surface area contributed by atoms with Crippen LogP contribution in [-0.4, -0.2) is 55.9 Å². The van der Waals surface area contributed by atoms with Gasteiger partial charge in [-0.3, -0.25) is 4.79 Å². The quantitative estimate of drug-likeness (QED) is 0.597. The fourth-order valence-corrected chi connectivity index (χ4v) is 2.31. The smallest absolute Gasteiger partial charge is 0.328 e. The number of hydrogen-bond donors (Lipinski definition) is 1. The molecule has 0 saturated carbocycles. The number of hydrogen-bond acceptors (Lipinski definition) is 5. The summed E-state index contributed by atoms with van der Waals surface area (Å²) in [5.74, 6) is -3.48. The average Bonchev–Trinajstić information content (AvgIpc) is 2.50. The summed E-state index contributed by atoms with van der Waals surface area (Å²) in [5, 5.41) is 8.70. The molecular formula is C11H14ClNO5. The molecule has 0 fully saturated rings. The fourth-order valence-electron chi connectivity index (χ4n) is 1.92. The minimum absolute atomic E-state index is 0.115. The van der Waals surface area contributed by atoms with Gasteiger partial charge in [-0.05, 0) is 0 Å². The molecule has 0 saturated heterocycles. The molecule has 7 heteroatoms. The van der Waals surface area contributed by atoms with Gasteiger partial charge in [0.1, 0.15) is 10.7 Å². The first kappa shape index (κ1) is 14.7. The van der Waals surface area contributed by atoms with Crippen LogP contribution in [0.2, 0.25) is 0 Å². The summed E-state index contributed by atoms with van der Waals surface area (Å²) in [6.45, 7) is 0. The number of carbonyl (C=O) groups excluding carboxylic acids is 1. The fraction of sp³-hybridized carbons (Fsp3) is 0.455. The zero-order valence-electron chi connectivity index (χ0n) is 10.5. The van der Waals surface area contributed by atoms with Crippen molar-refractivity contribution in [1.29, 1.82) is 0 Å². The highest BCUT2D eigenvalue weighted by Crippen LogP contribution is 2.43. The van der Waals surface area contributed by atoms with Crippen molar-refractivity contribution in [3.63, 3.8) is 0 Å². The molecular weight excluding hydrogens is 262 g/mol. The van der Waals surface area contributed by atoms with Gasteiger partial charge in [-0.2, -0.15) is 0 Å². The molecule has 1 rings (SSSR count). The van der Waals surface area contributed by atoms with Crippen molar-refractivity contribution in [3.05, 3.63) is 22.4 Å². The maximum absolute atomic E-state index is 12.0. The molecule has 0 aromatic rings. The van der Waals surface area contributed by atoms with Gasteiger partial charge in [0.2, 0.25) is 11.6 Å². The van der Waals surface area contributed by atoms with Crippen molar-refractivity contribution in [2.45, 2.75) is 5.79 Å². The van der Waals surface area contributed by atoms with Crippen molar-refractivity contribution in [3.8, 4) is 0 Å². The zero-order valence-corrected chi connectivity index (χ0v) is 11.2. The molecule has 0 heterocycles. The second-order valence-electron chi connectivity index (χ2n) is 3.81. The summed E-state index contributed by atoms with van der Waals surface area (Å²) in [7, 11) is 5.93. The Kier molecular flexibility index (Phi) is 4.16. The largest absolute Gasteiger partial charge is 0.478 e. The average molecular weight is 276 g/mol. The van der Waals surface area contributed by atoms with E-state index in [1.165, 1.54) is 14.2 Å². The van der Waals surface area contributed by atoms with Gasteiger partial charge in [0.05, 0.1) is 5.57 Å². The van der Waals surface area contributed by atoms with E-state index < -0.39 is 17.5 Å². The molecule has 100 valence electrons. The van der Waals surface area contributed by atoms with E-state index in [1.54, 1.807) is 19.0 Å². The van der Waals surface area contributed by atoms with E-state index in [1.807, 2.05) is 0 Å². The van der Waals surface area contributed by atoms with E-state index in [4.69, 9.17) is 26.2 Å². The number of likely N-dealkylation sites (N-methyl/N-ethyl adjacent to an activating group) is 1. The van der Waals surface area contributed by atoms with Crippen molar-refractivity contribution in [2.75, 3.05) is 28.3 Å². The van der Waals surface area contributed by atoms with Crippen molar-refractivity contribution in [2.24, 2.45) is 0 Å². The second-order valence-corrected chi connectivity index (χ2v) is 4.19. The number of carboxylic acid groups (broad SMARTS) is 1. The first-order valence-corrected chi connectivity index (χ1v) is 5.37. The van der Waals surface area contributed by atoms with E-state index in [0.717, 1.165) is 6.08 Å². The van der Waals surface area contributed by atoms with Crippen molar-refractivity contribution >= 4 is 23.4 Å². The molecule has 0 amide bonds. The predicted molar refractivity (Wildman–Crippen MR) is 64.0 cm³/mol. The summed E-state index contributed by atoms with van der Waals surface area (Å²) in [6, 6.07) is 0. The number of rotatable bonds is 4. The van der Waals surface area contributed by atoms with Crippen LogP contribution in [-0.2, 0) is 19.1 Å². The van der Waals surface area contributed by atoms with E-state index in [9.17, 15) is 9.59 Å². The lowest BCUT2D eigenvalue weighted by atomic mass is 10.1. The van der Waals surface area contributed by atoms with Gasteiger partial charge in [-0.25, -0.2) is 4.79 Å². The van der Waals surface area contributed by atoms with E-state index in [2.05, 4.69) is 0 Å². The normalized spacial score (nSPS) is 20.7. The number of Topliss-reactive ketones (excluding diaryl/α,β-unsaturated/α-hetero) is 1. The molecule has 0 atom stereocenters. The number of allylic oxidation sites excluding steroid dienone is 1. The van der Waals surface area contributed by atoms with Gasteiger partial charge < -0.3 is 19.5 Å². The van der Waals surface area contributed by atoms with Crippen LogP contribution < -0.4 is 0 Å². The lowest BCUT2D eigenvalue weighted by Gasteiger charge is -2.33. The van der Waals surface area contributed by atoms with Gasteiger partial charge >= 0.3 is 5.97 Å². The number of carbonyl (C=O) groups is 2. The Balaban J connectivity index is 3.53. The van der Waals surface area contributed by atoms with Crippen LogP contribution in [0.4, 0.5) is 0 Å². The number of ketones is 1. The van der Waals surface area contributed by atoms with Crippen LogP contribution in [0.3, 0.4) is 0 Å². The monoisotopic (exact) mass is 275 g/mol. The van der Waals surface area contributed by atoms with Crippen molar-refractivity contribution in [1.82, 2.24) is 4.90 Å². The predicted octanol–water partition coefficient (Wildman–Crippen LogP) is 0.581. The number of methoxy groups -OCH3 is 2. The number of ether oxygens (including phenoxy) is 2. The molecule has 0 aliphatic heterocycles. The molecule has 0 aromatic heterocycles. The Morgan fingerprint density at radius 1 is 1.39 bits per heavy atom. The molecule has 0 aromatic carbocycles. The summed E-state index contributed by atoms with van der Waals surface area (Å²) in [5.41, 5.74) is 0.111. The Morgan fingerprint density at radius 2 is 1.89 bits per heavy atom. The van der Waals surface area contributed by atoms with Crippen LogP contribution in [0.25, 0.3) is 0 Å². The van der Waals surface area contributed by atoms with Crippen LogP contribution in [0, 0.1) is 0 Å². The number of aliphatic carboxylic acids is 1. The lowest BCUT2D eigenvalue weighted by Crippen LogP contribution is -2.41. The summed E-state index contributed by atoms with van der Waals surface area (Å²) >= 11 is 5.94. The maximum Gasteiger partial charge on any atom is 0.328 e. The van der Waals surface area contributed by atoms with E-state index >= 15 is 0 Å². The highest BCUT2D eigenvalue weighted by molar-refractivity contribution is 6.47. The van der Waals surface area contributed by atoms with Crippen LogP contribution >= 0.6 is 11.6 Å². The van der Waals surface area contributed by atoms with Crippen molar-refractivity contribution < 1.29 is 24.2 Å². The third-order valence-corrected chi connectivity index (χ3v) is 2.96. The summed E-state index contributed by atoms with van der Waals surface area (Å²) in [6.07, 6.45) is 0.744. The molecule has 1 N–H and O–H groups in total. The first-order chi connectivity index (χ1) is 8.31. The van der Waals surface area contributed by atoms with Crippen LogP contribution in [0.5, 0.6) is 0 Å². The Hall–Kier alpha value is -1.37. The maximum atomic E-state index is 12.0. The van der Waals surface area contributed by atoms with E-state index in [-0.39, 0.29) is 16.3 Å². The number of nitrogens with zero attached hydrogens (tertiary/aromatic N) is 1. The molecule has 0 radical (unpaired) electrons. The molecule has 1 aliphatic carbocycles. The topological polar surface area (TPSA) is 76.1 Å². The molecule has 6 nitrogen and oxygen atoms in total. The van der Waals surface area contributed by atoms with Crippen LogP contribution in [0.15, 0.2) is 22.4 Å². The highest BCUT2D eigenvalue weighted by Gasteiger charge is 2.52. The summed E-state index contributed by atoms with van der Waals surface area (Å²) in [4.78, 5) is 24.3. The van der Waals surface area contributed by atoms with Gasteiger partial charge in [-0.15, -0.1) is 0 Å². The molecule has 18 heavy (non-hydrogen) atoms. The Bertz CT molecular complexity index is 448. The Morgan fingerprint density at radius 3 is 2.22 bits per heavy atom. The lowest BCUT2D eigenvalue weighted by molar-refractivity contribution is -0.160. The Labute approximate surface area is 109 Å². The first-order valence-electron chi connectivity index (χ1n) is 4.99. The van der Waals surface area contributed by atoms with Crippen LogP contribution in [0.1, 0.15) is 0 Å². The van der Waals surface area contributed by atoms with Gasteiger partial charge in [0.15, 0.2) is 0 Å². The highest BCUT2D eigenvalue weighted by atomic mass is 35.5. The third-order valence-electron chi connectivity index (χ3n) is 2.61. The van der Waals surface area contributed by atoms with Gasteiger partial charge in [0.25, 0.3) is 0 Å². The van der Waals surface area contributed by atoms with E-state index in [0.29, 0.717) is 0 Å². The molecule has 0 unspecified atom stereocenters. The molecule has 0 bridgehead atoms. The zero-order chi connectivity index (χ0) is 14.1. The SMILES string of the molecule is COC1(OC)C(N(C)C)=C(Cl)C(=O)/C1=C/C(=O)O. The minimum atomic E-state index is -1.59. The molecule has 0 spiro atoms. The second kappa shape index (κ2) is 5.09.